The molecule has 0 saturated carbocycles. The minimum Gasteiger partial charge on any atom is -0.489 e. The summed E-state index contributed by atoms with van der Waals surface area (Å²) in [6.07, 6.45) is 1.73. The Balaban J connectivity index is 1.29. The molecule has 1 N–H and O–H groups in total. The molecule has 31 heavy (non-hydrogen) atoms. The highest BCUT2D eigenvalue weighted by atomic mass is 16.5. The van der Waals surface area contributed by atoms with Crippen LogP contribution in [0.5, 0.6) is 5.75 Å². The third-order valence-corrected chi connectivity index (χ3v) is 6.15. The fourth-order valence-electron chi connectivity index (χ4n) is 4.38. The maximum absolute atomic E-state index is 13.2. The molecule has 2 aromatic heterocycles. The quantitative estimate of drug-likeness (QED) is 0.678. The number of nitrogens with zero attached hydrogens (tertiary/aromatic N) is 3. The van der Waals surface area contributed by atoms with Gasteiger partial charge in [0.15, 0.2) is 5.69 Å². The monoisotopic (exact) mass is 422 g/mol. The van der Waals surface area contributed by atoms with E-state index in [4.69, 9.17) is 14.0 Å². The molecule has 1 atom stereocenters. The van der Waals surface area contributed by atoms with Crippen LogP contribution in [0, 0.1) is 13.8 Å². The lowest BCUT2D eigenvalue weighted by Crippen LogP contribution is -2.30. The van der Waals surface area contributed by atoms with E-state index >= 15 is 0 Å². The number of fused-ring (bicyclic) bond motifs is 1. The number of aromatic nitrogens is 3. The Labute approximate surface area is 180 Å². The maximum Gasteiger partial charge on any atom is 0.276 e. The second-order valence-electron chi connectivity index (χ2n) is 8.28. The van der Waals surface area contributed by atoms with Crippen LogP contribution in [-0.2, 0) is 24.4 Å². The number of H-pyrrole nitrogens is 1. The summed E-state index contributed by atoms with van der Waals surface area (Å²) in [5.74, 6) is 1.43. The van der Waals surface area contributed by atoms with E-state index in [1.807, 2.05) is 43.0 Å². The van der Waals surface area contributed by atoms with Crippen molar-refractivity contribution in [2.75, 3.05) is 19.7 Å². The number of aryl methyl sites for hydroxylation is 2. The number of carbonyl (C=O) groups excluding carboxylic acids is 1. The van der Waals surface area contributed by atoms with Crippen molar-refractivity contribution in [1.82, 2.24) is 20.3 Å². The number of aromatic amines is 1. The van der Waals surface area contributed by atoms with Crippen LogP contribution in [0.15, 0.2) is 28.8 Å². The van der Waals surface area contributed by atoms with Gasteiger partial charge < -0.3 is 18.9 Å². The second kappa shape index (κ2) is 8.19. The summed E-state index contributed by atoms with van der Waals surface area (Å²) in [6, 6.07) is 7.82. The number of amides is 1. The molecule has 1 saturated heterocycles. The molecule has 0 spiro atoms. The van der Waals surface area contributed by atoms with Crippen LogP contribution in [-0.4, -0.2) is 45.9 Å². The van der Waals surface area contributed by atoms with Crippen LogP contribution in [0.25, 0.3) is 0 Å². The van der Waals surface area contributed by atoms with Gasteiger partial charge in [0.2, 0.25) is 0 Å². The average molecular weight is 422 g/mol. The van der Waals surface area contributed by atoms with Crippen LogP contribution in [0.3, 0.4) is 0 Å². The molecule has 3 aromatic rings. The zero-order valence-electron chi connectivity index (χ0n) is 17.8. The Morgan fingerprint density at radius 3 is 3.13 bits per heavy atom. The van der Waals surface area contributed by atoms with Crippen LogP contribution in [0.2, 0.25) is 0 Å². The van der Waals surface area contributed by atoms with Crippen LogP contribution in [0.1, 0.15) is 56.7 Å². The summed E-state index contributed by atoms with van der Waals surface area (Å²) in [6.45, 7) is 6.65. The van der Waals surface area contributed by atoms with Crippen molar-refractivity contribution in [3.8, 4) is 5.75 Å². The molecule has 2 aliphatic rings. The number of carbonyl (C=O) groups is 1. The summed E-state index contributed by atoms with van der Waals surface area (Å²) < 4.78 is 16.9. The molecule has 0 bridgehead atoms. The van der Waals surface area contributed by atoms with Crippen molar-refractivity contribution in [3.05, 3.63) is 63.8 Å². The molecule has 8 nitrogen and oxygen atoms in total. The lowest BCUT2D eigenvalue weighted by atomic mass is 9.98. The van der Waals surface area contributed by atoms with Gasteiger partial charge in [-0.3, -0.25) is 9.89 Å². The van der Waals surface area contributed by atoms with E-state index in [2.05, 4.69) is 15.4 Å². The fraction of sp³-hybridized carbons (Fsp3) is 0.435. The number of likely N-dealkylation sites (tertiary alicyclic amines) is 1. The van der Waals surface area contributed by atoms with Crippen LogP contribution in [0.4, 0.5) is 0 Å². The van der Waals surface area contributed by atoms with Crippen LogP contribution >= 0.6 is 0 Å². The van der Waals surface area contributed by atoms with Gasteiger partial charge in [-0.15, -0.1) is 0 Å². The fourth-order valence-corrected chi connectivity index (χ4v) is 4.38. The van der Waals surface area contributed by atoms with Gasteiger partial charge in [0, 0.05) is 36.7 Å². The maximum atomic E-state index is 13.2. The molecule has 2 aliphatic heterocycles. The van der Waals surface area contributed by atoms with Gasteiger partial charge >= 0.3 is 0 Å². The van der Waals surface area contributed by atoms with E-state index in [1.54, 1.807) is 0 Å². The van der Waals surface area contributed by atoms with Crippen molar-refractivity contribution in [1.29, 1.82) is 0 Å². The van der Waals surface area contributed by atoms with Gasteiger partial charge in [0.1, 0.15) is 18.1 Å². The summed E-state index contributed by atoms with van der Waals surface area (Å²) in [5, 5.41) is 11.8. The third-order valence-electron chi connectivity index (χ3n) is 6.15. The van der Waals surface area contributed by atoms with Gasteiger partial charge in [-0.1, -0.05) is 17.3 Å². The Morgan fingerprint density at radius 2 is 2.26 bits per heavy atom. The van der Waals surface area contributed by atoms with Crippen molar-refractivity contribution in [2.45, 2.75) is 45.8 Å². The van der Waals surface area contributed by atoms with E-state index in [0.29, 0.717) is 36.7 Å². The Morgan fingerprint density at radius 1 is 1.35 bits per heavy atom. The number of hydrogen-bond donors (Lipinski definition) is 1. The molecule has 162 valence electrons. The van der Waals surface area contributed by atoms with Crippen molar-refractivity contribution in [3.63, 3.8) is 0 Å². The highest BCUT2D eigenvalue weighted by molar-refractivity contribution is 5.94. The van der Waals surface area contributed by atoms with E-state index in [9.17, 15) is 4.79 Å². The van der Waals surface area contributed by atoms with E-state index in [1.165, 1.54) is 0 Å². The van der Waals surface area contributed by atoms with E-state index in [0.717, 1.165) is 47.7 Å². The predicted molar refractivity (Wildman–Crippen MR) is 112 cm³/mol. The molecular formula is C23H26N4O4. The predicted octanol–water partition coefficient (Wildman–Crippen LogP) is 3.30. The summed E-state index contributed by atoms with van der Waals surface area (Å²) in [7, 11) is 0. The molecule has 4 heterocycles. The largest absolute Gasteiger partial charge is 0.489 e. The highest BCUT2D eigenvalue weighted by Crippen LogP contribution is 2.32. The smallest absolute Gasteiger partial charge is 0.276 e. The average Bonchev–Trinajstić information content (AvgIpc) is 3.50. The number of ether oxygens (including phenoxy) is 2. The number of nitrogens with one attached hydrogen (secondary N) is 1. The van der Waals surface area contributed by atoms with Crippen molar-refractivity contribution < 1.29 is 18.8 Å². The normalized spacial score (nSPS) is 18.3. The summed E-state index contributed by atoms with van der Waals surface area (Å²) >= 11 is 0. The highest BCUT2D eigenvalue weighted by Gasteiger charge is 2.34. The molecule has 0 radical (unpaired) electrons. The SMILES string of the molecule is Cc1cccc(OCc2c(C(=O)N3CCC(c4n[nH]c5c4COCC5)C3)noc2C)c1. The minimum atomic E-state index is -0.122. The van der Waals surface area contributed by atoms with Gasteiger partial charge in [-0.25, -0.2) is 0 Å². The van der Waals surface area contributed by atoms with Gasteiger partial charge in [-0.05, 0) is 38.0 Å². The Kier molecular flexibility index (Phi) is 5.23. The molecule has 1 amide bonds. The molecule has 8 heteroatoms. The first kappa shape index (κ1) is 19.8. The van der Waals surface area contributed by atoms with E-state index in [-0.39, 0.29) is 18.4 Å². The van der Waals surface area contributed by atoms with Gasteiger partial charge in [0.25, 0.3) is 5.91 Å². The zero-order valence-corrected chi connectivity index (χ0v) is 17.8. The molecular weight excluding hydrogens is 396 g/mol. The lowest BCUT2D eigenvalue weighted by molar-refractivity contribution is 0.0777. The zero-order chi connectivity index (χ0) is 21.4. The molecule has 1 unspecified atom stereocenters. The molecule has 1 fully saturated rings. The van der Waals surface area contributed by atoms with Crippen LogP contribution < -0.4 is 4.74 Å². The first-order valence-electron chi connectivity index (χ1n) is 10.7. The molecule has 5 rings (SSSR count). The number of hydrogen-bond acceptors (Lipinski definition) is 6. The third kappa shape index (κ3) is 3.83. The second-order valence-corrected chi connectivity index (χ2v) is 8.28. The number of rotatable bonds is 5. The summed E-state index contributed by atoms with van der Waals surface area (Å²) in [5.41, 5.74) is 5.50. The van der Waals surface area contributed by atoms with Gasteiger partial charge in [-0.2, -0.15) is 5.10 Å². The van der Waals surface area contributed by atoms with Gasteiger partial charge in [0.05, 0.1) is 24.5 Å². The molecule has 1 aromatic carbocycles. The minimum absolute atomic E-state index is 0.122. The first-order chi connectivity index (χ1) is 15.1. The van der Waals surface area contributed by atoms with Crippen molar-refractivity contribution in [2.24, 2.45) is 0 Å². The Hall–Kier alpha value is -3.13. The molecule has 0 aliphatic carbocycles. The standard InChI is InChI=1S/C23H26N4O4/c1-14-4-3-5-17(10-14)30-13-18-15(2)31-26-22(18)23(28)27-8-6-16(11-27)21-19-12-29-9-7-20(19)24-25-21/h3-5,10,16H,6-9,11-13H2,1-2H3,(H,24,25). The summed E-state index contributed by atoms with van der Waals surface area (Å²) in [4.78, 5) is 15.1. The van der Waals surface area contributed by atoms with E-state index < -0.39 is 0 Å². The lowest BCUT2D eigenvalue weighted by Gasteiger charge is -2.17. The first-order valence-corrected chi connectivity index (χ1v) is 10.7. The Bertz CT molecular complexity index is 1100. The number of benzene rings is 1. The van der Waals surface area contributed by atoms with Crippen molar-refractivity contribution >= 4 is 5.91 Å². The topological polar surface area (TPSA) is 93.5 Å².